The number of ether oxygens (including phenoxy) is 2. The van der Waals surface area contributed by atoms with Gasteiger partial charge in [0.15, 0.2) is 16.6 Å². The number of thiazole rings is 1. The van der Waals surface area contributed by atoms with Gasteiger partial charge >= 0.3 is 0 Å². The van der Waals surface area contributed by atoms with E-state index in [1.807, 2.05) is 23.1 Å². The van der Waals surface area contributed by atoms with E-state index in [4.69, 9.17) is 14.5 Å². The molecule has 1 saturated heterocycles. The summed E-state index contributed by atoms with van der Waals surface area (Å²) in [5, 5.41) is 1.05. The number of para-hydroxylation sites is 1. The predicted octanol–water partition coefficient (Wildman–Crippen LogP) is 3.64. The third kappa shape index (κ3) is 3.62. The van der Waals surface area contributed by atoms with Crippen molar-refractivity contribution in [3.8, 4) is 11.5 Å². The largest absolute Gasteiger partial charge is 0.454 e. The smallest absolute Gasteiger partial charge is 0.231 e. The first-order valence-corrected chi connectivity index (χ1v) is 11.6. The lowest BCUT2D eigenvalue weighted by Gasteiger charge is -2.34. The van der Waals surface area contributed by atoms with E-state index in [0.29, 0.717) is 19.5 Å². The molecule has 8 heteroatoms. The van der Waals surface area contributed by atoms with E-state index in [2.05, 4.69) is 29.4 Å². The lowest BCUT2D eigenvalue weighted by Crippen LogP contribution is -2.49. The van der Waals surface area contributed by atoms with Crippen LogP contribution < -0.4 is 14.4 Å². The zero-order valence-corrected chi connectivity index (χ0v) is 17.7. The van der Waals surface area contributed by atoms with E-state index in [9.17, 15) is 4.79 Å². The van der Waals surface area contributed by atoms with Gasteiger partial charge < -0.3 is 19.3 Å². The van der Waals surface area contributed by atoms with E-state index in [1.54, 1.807) is 23.1 Å². The summed E-state index contributed by atoms with van der Waals surface area (Å²) in [4.78, 5) is 23.1. The van der Waals surface area contributed by atoms with Crippen molar-refractivity contribution in [1.82, 2.24) is 9.88 Å². The number of nitrogens with zero attached hydrogens (tertiary/aromatic N) is 3. The molecule has 0 N–H and O–H groups in total. The standard InChI is InChI=1S/C21H21N3O3S2/c1-28-17-3-2-4-18-20(17)22-21(29-18)24-9-7-23(8-10-24)19(25)12-14-5-6-15-16(11-14)27-13-26-15/h2-6,11H,7-10,12-13H2,1H3. The van der Waals surface area contributed by atoms with Gasteiger partial charge in [-0.15, -0.1) is 11.8 Å². The Bertz CT molecular complexity index is 1060. The van der Waals surface area contributed by atoms with Crippen LogP contribution in [0.2, 0.25) is 0 Å². The van der Waals surface area contributed by atoms with Gasteiger partial charge in [-0.05, 0) is 36.1 Å². The Morgan fingerprint density at radius 3 is 2.79 bits per heavy atom. The highest BCUT2D eigenvalue weighted by atomic mass is 32.2. The van der Waals surface area contributed by atoms with Gasteiger partial charge in [-0.2, -0.15) is 0 Å². The minimum Gasteiger partial charge on any atom is -0.454 e. The summed E-state index contributed by atoms with van der Waals surface area (Å²) in [5.74, 6) is 1.62. The van der Waals surface area contributed by atoms with Crippen LogP contribution in [0.4, 0.5) is 5.13 Å². The number of thioether (sulfide) groups is 1. The van der Waals surface area contributed by atoms with E-state index in [-0.39, 0.29) is 12.7 Å². The van der Waals surface area contributed by atoms with Crippen LogP contribution in [0.3, 0.4) is 0 Å². The molecule has 3 heterocycles. The molecule has 1 fully saturated rings. The van der Waals surface area contributed by atoms with Gasteiger partial charge in [0, 0.05) is 31.1 Å². The molecular formula is C21H21N3O3S2. The molecule has 3 aromatic rings. The number of carbonyl (C=O) groups excluding carboxylic acids is 1. The Kier molecular flexibility index (Phi) is 4.97. The van der Waals surface area contributed by atoms with Crippen LogP contribution in [-0.2, 0) is 11.2 Å². The molecule has 1 aromatic heterocycles. The van der Waals surface area contributed by atoms with Gasteiger partial charge in [-0.25, -0.2) is 4.98 Å². The lowest BCUT2D eigenvalue weighted by atomic mass is 10.1. The number of amides is 1. The third-order valence-electron chi connectivity index (χ3n) is 5.29. The monoisotopic (exact) mass is 427 g/mol. The number of aromatic nitrogens is 1. The van der Waals surface area contributed by atoms with Crippen LogP contribution in [0.15, 0.2) is 41.3 Å². The zero-order valence-electron chi connectivity index (χ0n) is 16.1. The summed E-state index contributed by atoms with van der Waals surface area (Å²) in [6.45, 7) is 3.30. The summed E-state index contributed by atoms with van der Waals surface area (Å²) < 4.78 is 12.0. The van der Waals surface area contributed by atoms with Gasteiger partial charge in [0.25, 0.3) is 0 Å². The molecule has 6 nitrogen and oxygen atoms in total. The fourth-order valence-corrected chi connectivity index (χ4v) is 5.37. The molecule has 0 spiro atoms. The highest BCUT2D eigenvalue weighted by Gasteiger charge is 2.24. The first-order chi connectivity index (χ1) is 14.2. The fourth-order valence-electron chi connectivity index (χ4n) is 3.70. The number of fused-ring (bicyclic) bond motifs is 2. The summed E-state index contributed by atoms with van der Waals surface area (Å²) in [6, 6.07) is 12.0. The van der Waals surface area contributed by atoms with Gasteiger partial charge in [0.2, 0.25) is 12.7 Å². The Morgan fingerprint density at radius 2 is 1.97 bits per heavy atom. The van der Waals surface area contributed by atoms with Gasteiger partial charge in [-0.1, -0.05) is 23.5 Å². The molecule has 0 saturated carbocycles. The maximum atomic E-state index is 12.8. The number of anilines is 1. The second-order valence-corrected chi connectivity index (χ2v) is 8.89. The van der Waals surface area contributed by atoms with Crippen molar-refractivity contribution < 1.29 is 14.3 Å². The topological polar surface area (TPSA) is 54.9 Å². The number of hydrogen-bond acceptors (Lipinski definition) is 7. The molecule has 2 aliphatic heterocycles. The lowest BCUT2D eigenvalue weighted by molar-refractivity contribution is -0.130. The number of piperazine rings is 1. The number of hydrogen-bond donors (Lipinski definition) is 0. The molecule has 0 unspecified atom stereocenters. The molecule has 0 radical (unpaired) electrons. The zero-order chi connectivity index (χ0) is 19.8. The second-order valence-electron chi connectivity index (χ2n) is 7.04. The molecule has 150 valence electrons. The highest BCUT2D eigenvalue weighted by molar-refractivity contribution is 7.98. The highest BCUT2D eigenvalue weighted by Crippen LogP contribution is 2.35. The minimum atomic E-state index is 0.150. The van der Waals surface area contributed by atoms with E-state index >= 15 is 0 Å². The van der Waals surface area contributed by atoms with E-state index < -0.39 is 0 Å². The predicted molar refractivity (Wildman–Crippen MR) is 116 cm³/mol. The molecule has 2 aliphatic rings. The summed E-state index contributed by atoms with van der Waals surface area (Å²) in [7, 11) is 0. The molecular weight excluding hydrogens is 406 g/mol. The van der Waals surface area contributed by atoms with Crippen molar-refractivity contribution in [2.45, 2.75) is 11.3 Å². The normalized spacial score (nSPS) is 15.9. The molecule has 5 rings (SSSR count). The van der Waals surface area contributed by atoms with Crippen LogP contribution in [-0.4, -0.2) is 55.0 Å². The Hall–Kier alpha value is -2.45. The van der Waals surface area contributed by atoms with Crippen molar-refractivity contribution in [2.24, 2.45) is 0 Å². The van der Waals surface area contributed by atoms with Gasteiger partial charge in [-0.3, -0.25) is 4.79 Å². The fraction of sp³-hybridized carbons (Fsp3) is 0.333. The van der Waals surface area contributed by atoms with Crippen LogP contribution >= 0.6 is 23.1 Å². The van der Waals surface area contributed by atoms with Crippen molar-refractivity contribution in [3.63, 3.8) is 0 Å². The Balaban J connectivity index is 1.23. The molecule has 0 aliphatic carbocycles. The average molecular weight is 428 g/mol. The van der Waals surface area contributed by atoms with Crippen molar-refractivity contribution in [1.29, 1.82) is 0 Å². The minimum absolute atomic E-state index is 0.150. The summed E-state index contributed by atoms with van der Waals surface area (Å²) in [6.07, 6.45) is 2.47. The van der Waals surface area contributed by atoms with Gasteiger partial charge in [0.1, 0.15) is 0 Å². The molecule has 0 atom stereocenters. The van der Waals surface area contributed by atoms with Crippen molar-refractivity contribution >= 4 is 44.4 Å². The summed E-state index contributed by atoms with van der Waals surface area (Å²) >= 11 is 3.46. The maximum absolute atomic E-state index is 12.8. The van der Waals surface area contributed by atoms with Crippen molar-refractivity contribution in [3.05, 3.63) is 42.0 Å². The SMILES string of the molecule is CSc1cccc2sc(N3CCN(C(=O)Cc4ccc5c(c4)OCO5)CC3)nc12. The molecule has 1 amide bonds. The van der Waals surface area contributed by atoms with E-state index in [0.717, 1.165) is 40.8 Å². The van der Waals surface area contributed by atoms with Crippen LogP contribution in [0.5, 0.6) is 11.5 Å². The van der Waals surface area contributed by atoms with Crippen molar-refractivity contribution in [2.75, 3.05) is 44.1 Å². The number of carbonyl (C=O) groups is 1. The first kappa shape index (κ1) is 18.6. The molecule has 2 aromatic carbocycles. The molecule has 0 bridgehead atoms. The molecule has 29 heavy (non-hydrogen) atoms. The quantitative estimate of drug-likeness (QED) is 0.593. The van der Waals surface area contributed by atoms with Gasteiger partial charge in [0.05, 0.1) is 16.6 Å². The second kappa shape index (κ2) is 7.76. The summed E-state index contributed by atoms with van der Waals surface area (Å²) in [5.41, 5.74) is 2.04. The first-order valence-electron chi connectivity index (χ1n) is 9.56. The third-order valence-corrected chi connectivity index (χ3v) is 7.14. The van der Waals surface area contributed by atoms with Crippen LogP contribution in [0.25, 0.3) is 10.2 Å². The van der Waals surface area contributed by atoms with Crippen LogP contribution in [0, 0.1) is 0 Å². The van der Waals surface area contributed by atoms with E-state index in [1.165, 1.54) is 9.60 Å². The number of rotatable bonds is 4. The van der Waals surface area contributed by atoms with Crippen LogP contribution in [0.1, 0.15) is 5.56 Å². The number of benzene rings is 2. The Labute approximate surface area is 177 Å². The Morgan fingerprint density at radius 1 is 1.14 bits per heavy atom. The average Bonchev–Trinajstić information content (AvgIpc) is 3.40. The maximum Gasteiger partial charge on any atom is 0.231 e.